The maximum Gasteiger partial charge on any atom is 0.163 e. The van der Waals surface area contributed by atoms with E-state index >= 15 is 0 Å². The van der Waals surface area contributed by atoms with Gasteiger partial charge in [-0.25, -0.2) is 0 Å². The third-order valence-electron chi connectivity index (χ3n) is 3.17. The molecule has 0 bridgehead atoms. The van der Waals surface area contributed by atoms with E-state index in [0.29, 0.717) is 37.9 Å². The highest BCUT2D eigenvalue weighted by Crippen LogP contribution is 2.34. The molecule has 98 valence electrons. The Kier molecular flexibility index (Phi) is 3.25. The predicted octanol–water partition coefficient (Wildman–Crippen LogP) is 1.35. The summed E-state index contributed by atoms with van der Waals surface area (Å²) in [6.45, 7) is 3.08. The number of fused-ring (bicyclic) bond motifs is 1. The fourth-order valence-electron chi connectivity index (χ4n) is 2.12. The molecule has 1 atom stereocenters. The molecule has 0 spiro atoms. The van der Waals surface area contributed by atoms with Crippen molar-refractivity contribution in [1.82, 2.24) is 0 Å². The van der Waals surface area contributed by atoms with Crippen LogP contribution >= 0.6 is 0 Å². The van der Waals surface area contributed by atoms with Gasteiger partial charge in [-0.1, -0.05) is 0 Å². The van der Waals surface area contributed by atoms with E-state index in [4.69, 9.17) is 24.7 Å². The molecule has 0 aromatic heterocycles. The Morgan fingerprint density at radius 1 is 1.17 bits per heavy atom. The number of anilines is 1. The van der Waals surface area contributed by atoms with Gasteiger partial charge in [0, 0.05) is 23.9 Å². The first-order valence-corrected chi connectivity index (χ1v) is 6.20. The third-order valence-corrected chi connectivity index (χ3v) is 3.17. The summed E-state index contributed by atoms with van der Waals surface area (Å²) in [6.07, 6.45) is 1.13. The number of hydrogen-bond donors (Lipinski definition) is 1. The van der Waals surface area contributed by atoms with E-state index in [2.05, 4.69) is 0 Å². The van der Waals surface area contributed by atoms with Crippen LogP contribution in [0.2, 0.25) is 0 Å². The van der Waals surface area contributed by atoms with Gasteiger partial charge in [0.2, 0.25) is 0 Å². The minimum absolute atomic E-state index is 0.178. The Balaban J connectivity index is 1.70. The average molecular weight is 251 g/mol. The number of rotatable bonds is 3. The van der Waals surface area contributed by atoms with Gasteiger partial charge < -0.3 is 24.7 Å². The van der Waals surface area contributed by atoms with Crippen molar-refractivity contribution in [2.45, 2.75) is 19.1 Å². The van der Waals surface area contributed by atoms with Crippen LogP contribution in [0.15, 0.2) is 12.1 Å². The van der Waals surface area contributed by atoms with Crippen LogP contribution in [0.3, 0.4) is 0 Å². The van der Waals surface area contributed by atoms with E-state index in [1.807, 2.05) is 6.07 Å². The first-order chi connectivity index (χ1) is 8.83. The second-order valence-corrected chi connectivity index (χ2v) is 4.49. The van der Waals surface area contributed by atoms with Crippen LogP contribution in [0.1, 0.15) is 12.0 Å². The molecule has 5 nitrogen and oxygen atoms in total. The summed E-state index contributed by atoms with van der Waals surface area (Å²) >= 11 is 0. The minimum atomic E-state index is 0.178. The van der Waals surface area contributed by atoms with E-state index in [0.717, 1.165) is 24.3 Å². The number of nitrogen functional groups attached to an aromatic ring is 1. The Bertz CT molecular complexity index is 429. The lowest BCUT2D eigenvalue weighted by molar-refractivity contribution is 0.0318. The van der Waals surface area contributed by atoms with Gasteiger partial charge >= 0.3 is 0 Å². The summed E-state index contributed by atoms with van der Waals surface area (Å²) < 4.78 is 22.0. The summed E-state index contributed by atoms with van der Waals surface area (Å²) in [4.78, 5) is 0. The molecule has 2 heterocycles. The fraction of sp³-hybridized carbons (Fsp3) is 0.538. The second kappa shape index (κ2) is 5.04. The van der Waals surface area contributed by atoms with Gasteiger partial charge in [0.05, 0.1) is 19.3 Å². The second-order valence-electron chi connectivity index (χ2n) is 4.49. The molecule has 2 aliphatic rings. The average Bonchev–Trinajstić information content (AvgIpc) is 2.89. The Hall–Kier alpha value is -1.46. The van der Waals surface area contributed by atoms with E-state index in [-0.39, 0.29) is 6.10 Å². The maximum atomic E-state index is 5.98. The smallest absolute Gasteiger partial charge is 0.163 e. The molecule has 0 saturated carbocycles. The largest absolute Gasteiger partial charge is 0.486 e. The standard InChI is InChI=1S/C13H17NO4/c14-11-6-13-12(16-3-4-17-13)5-9(11)7-18-10-1-2-15-8-10/h5-6,10H,1-4,7-8,14H2. The maximum absolute atomic E-state index is 5.98. The predicted molar refractivity (Wildman–Crippen MR) is 65.9 cm³/mol. The van der Waals surface area contributed by atoms with Crippen LogP contribution in [-0.2, 0) is 16.1 Å². The zero-order valence-corrected chi connectivity index (χ0v) is 10.2. The first-order valence-electron chi connectivity index (χ1n) is 6.20. The van der Waals surface area contributed by atoms with Crippen molar-refractivity contribution in [3.63, 3.8) is 0 Å². The lowest BCUT2D eigenvalue weighted by Crippen LogP contribution is -2.17. The molecule has 2 N–H and O–H groups in total. The number of hydrogen-bond acceptors (Lipinski definition) is 5. The van der Waals surface area contributed by atoms with Gasteiger partial charge in [-0.2, -0.15) is 0 Å². The van der Waals surface area contributed by atoms with Crippen molar-refractivity contribution >= 4 is 5.69 Å². The number of benzene rings is 1. The van der Waals surface area contributed by atoms with Crippen LogP contribution in [0.5, 0.6) is 11.5 Å². The lowest BCUT2D eigenvalue weighted by atomic mass is 10.1. The van der Waals surface area contributed by atoms with Gasteiger partial charge in [-0.15, -0.1) is 0 Å². The highest BCUT2D eigenvalue weighted by atomic mass is 16.6. The summed E-state index contributed by atoms with van der Waals surface area (Å²) in [6, 6.07) is 3.71. The monoisotopic (exact) mass is 251 g/mol. The van der Waals surface area contributed by atoms with Gasteiger partial charge in [-0.05, 0) is 12.5 Å². The molecule has 2 aliphatic heterocycles. The number of ether oxygens (including phenoxy) is 4. The summed E-state index contributed by atoms with van der Waals surface area (Å²) in [5, 5.41) is 0. The van der Waals surface area contributed by atoms with Gasteiger partial charge in [0.15, 0.2) is 11.5 Å². The van der Waals surface area contributed by atoms with E-state index in [1.54, 1.807) is 6.07 Å². The van der Waals surface area contributed by atoms with Crippen molar-refractivity contribution in [2.24, 2.45) is 0 Å². The van der Waals surface area contributed by atoms with Gasteiger partial charge in [-0.3, -0.25) is 0 Å². The summed E-state index contributed by atoms with van der Waals surface area (Å²) in [5.41, 5.74) is 7.60. The molecule has 0 amide bonds. The Labute approximate surface area is 106 Å². The molecular weight excluding hydrogens is 234 g/mol. The van der Waals surface area contributed by atoms with Crippen molar-refractivity contribution in [3.05, 3.63) is 17.7 Å². The Morgan fingerprint density at radius 2 is 1.94 bits per heavy atom. The molecule has 1 saturated heterocycles. The molecule has 18 heavy (non-hydrogen) atoms. The fourth-order valence-corrected chi connectivity index (χ4v) is 2.12. The molecule has 0 aliphatic carbocycles. The topological polar surface area (TPSA) is 62.9 Å². The molecule has 1 fully saturated rings. The normalized spacial score (nSPS) is 22.1. The minimum Gasteiger partial charge on any atom is -0.486 e. The van der Waals surface area contributed by atoms with E-state index in [9.17, 15) is 0 Å². The molecule has 1 aromatic carbocycles. The first kappa shape index (κ1) is 11.6. The lowest BCUT2D eigenvalue weighted by Gasteiger charge is -2.20. The van der Waals surface area contributed by atoms with E-state index < -0.39 is 0 Å². The molecule has 1 unspecified atom stereocenters. The zero-order valence-electron chi connectivity index (χ0n) is 10.2. The molecule has 1 aromatic rings. The highest BCUT2D eigenvalue weighted by Gasteiger charge is 2.18. The molecule has 3 rings (SSSR count). The van der Waals surface area contributed by atoms with Crippen LogP contribution in [-0.4, -0.2) is 32.5 Å². The van der Waals surface area contributed by atoms with Crippen LogP contribution in [0.4, 0.5) is 5.69 Å². The summed E-state index contributed by atoms with van der Waals surface area (Å²) in [7, 11) is 0. The van der Waals surface area contributed by atoms with Gasteiger partial charge in [0.25, 0.3) is 0 Å². The number of nitrogens with two attached hydrogens (primary N) is 1. The summed E-state index contributed by atoms with van der Waals surface area (Å²) in [5.74, 6) is 1.46. The zero-order chi connectivity index (χ0) is 12.4. The van der Waals surface area contributed by atoms with Crippen molar-refractivity contribution in [3.8, 4) is 11.5 Å². The van der Waals surface area contributed by atoms with Crippen LogP contribution in [0, 0.1) is 0 Å². The quantitative estimate of drug-likeness (QED) is 0.821. The van der Waals surface area contributed by atoms with Crippen molar-refractivity contribution in [1.29, 1.82) is 0 Å². The molecular formula is C13H17NO4. The third kappa shape index (κ3) is 2.37. The van der Waals surface area contributed by atoms with Crippen LogP contribution < -0.4 is 15.2 Å². The molecule has 0 radical (unpaired) electrons. The van der Waals surface area contributed by atoms with Gasteiger partial charge in [0.1, 0.15) is 13.2 Å². The van der Waals surface area contributed by atoms with E-state index in [1.165, 1.54) is 0 Å². The molecule has 5 heteroatoms. The van der Waals surface area contributed by atoms with Crippen molar-refractivity contribution in [2.75, 3.05) is 32.2 Å². The highest BCUT2D eigenvalue weighted by molar-refractivity contribution is 5.58. The SMILES string of the molecule is Nc1cc2c(cc1COC1CCOC1)OCCO2. The Morgan fingerprint density at radius 3 is 2.67 bits per heavy atom. The van der Waals surface area contributed by atoms with Crippen LogP contribution in [0.25, 0.3) is 0 Å². The van der Waals surface area contributed by atoms with Crippen molar-refractivity contribution < 1.29 is 18.9 Å².